The number of fused-ring (bicyclic) bond motifs is 2. The van der Waals surface area contributed by atoms with E-state index in [-0.39, 0.29) is 12.1 Å². The van der Waals surface area contributed by atoms with Crippen LogP contribution in [-0.2, 0) is 6.42 Å². The van der Waals surface area contributed by atoms with Crippen LogP contribution in [0.25, 0.3) is 0 Å². The van der Waals surface area contributed by atoms with Gasteiger partial charge in [-0.25, -0.2) is 0 Å². The first-order chi connectivity index (χ1) is 12.7. The van der Waals surface area contributed by atoms with Gasteiger partial charge in [-0.05, 0) is 68.2 Å². The van der Waals surface area contributed by atoms with Crippen molar-refractivity contribution in [1.82, 2.24) is 0 Å². The van der Waals surface area contributed by atoms with E-state index in [4.69, 9.17) is 4.74 Å². The Balaban J connectivity index is 1.74. The Morgan fingerprint density at radius 1 is 1.04 bits per heavy atom. The molecule has 0 aromatic heterocycles. The van der Waals surface area contributed by atoms with Crippen molar-refractivity contribution in [2.45, 2.75) is 52.2 Å². The molecule has 26 heavy (non-hydrogen) atoms. The number of unbranched alkanes of at least 4 members (excludes halogenated alkanes) is 1. The third kappa shape index (κ3) is 3.16. The van der Waals surface area contributed by atoms with Gasteiger partial charge < -0.3 is 9.64 Å². The number of benzene rings is 2. The van der Waals surface area contributed by atoms with E-state index in [1.165, 1.54) is 35.2 Å². The number of anilines is 2. The molecule has 2 atom stereocenters. The van der Waals surface area contributed by atoms with Gasteiger partial charge in [-0.2, -0.15) is 0 Å². The van der Waals surface area contributed by atoms with Gasteiger partial charge in [-0.15, -0.1) is 0 Å². The van der Waals surface area contributed by atoms with E-state index in [9.17, 15) is 0 Å². The first-order valence-corrected chi connectivity index (χ1v) is 9.68. The van der Waals surface area contributed by atoms with Crippen LogP contribution in [0.2, 0.25) is 0 Å². The summed E-state index contributed by atoms with van der Waals surface area (Å²) in [6.07, 6.45) is 10.4. The Labute approximate surface area is 156 Å². The molecular weight excluding hydrogens is 318 g/mol. The van der Waals surface area contributed by atoms with Gasteiger partial charge in [-0.1, -0.05) is 49.3 Å². The number of hydrogen-bond donors (Lipinski definition) is 0. The van der Waals surface area contributed by atoms with Gasteiger partial charge in [0.25, 0.3) is 0 Å². The average molecular weight is 345 g/mol. The lowest BCUT2D eigenvalue weighted by Gasteiger charge is -2.42. The first kappa shape index (κ1) is 17.0. The minimum atomic E-state index is 0.0501. The minimum absolute atomic E-state index is 0.0501. The lowest BCUT2D eigenvalue weighted by Crippen LogP contribution is -2.46. The van der Waals surface area contributed by atoms with Crippen LogP contribution in [0.15, 0.2) is 66.3 Å². The van der Waals surface area contributed by atoms with Crippen molar-refractivity contribution in [2.75, 3.05) is 4.90 Å². The van der Waals surface area contributed by atoms with Crippen LogP contribution in [0.1, 0.15) is 37.8 Å². The van der Waals surface area contributed by atoms with Gasteiger partial charge in [-0.3, -0.25) is 0 Å². The van der Waals surface area contributed by atoms with Crippen molar-refractivity contribution in [3.63, 3.8) is 0 Å². The number of allylic oxidation sites excluding steroid dienone is 2. The molecular formula is C24H27NO. The Kier molecular flexibility index (Phi) is 4.58. The van der Waals surface area contributed by atoms with Crippen molar-refractivity contribution in [3.05, 3.63) is 77.4 Å². The molecule has 4 rings (SSSR count). The van der Waals surface area contributed by atoms with E-state index in [1.54, 1.807) is 0 Å². The topological polar surface area (TPSA) is 12.5 Å². The highest BCUT2D eigenvalue weighted by Crippen LogP contribution is 2.43. The summed E-state index contributed by atoms with van der Waals surface area (Å²) >= 11 is 0. The number of hydrogen-bond acceptors (Lipinski definition) is 2. The molecule has 2 heteroatoms. The van der Waals surface area contributed by atoms with Crippen LogP contribution >= 0.6 is 0 Å². The zero-order valence-corrected chi connectivity index (χ0v) is 15.9. The van der Waals surface area contributed by atoms with Crippen LogP contribution in [0.5, 0.6) is 5.75 Å². The van der Waals surface area contributed by atoms with Gasteiger partial charge in [0, 0.05) is 5.69 Å². The minimum Gasteiger partial charge on any atom is -0.482 e. The SMILES string of the molecule is CCCCc1ccc(N2c3ccc(C)cc3OC3C=C(C)C=CC32)cc1. The second-order valence-corrected chi connectivity index (χ2v) is 7.45. The van der Waals surface area contributed by atoms with E-state index in [2.05, 4.69) is 86.4 Å². The fourth-order valence-electron chi connectivity index (χ4n) is 3.85. The molecule has 2 aliphatic rings. The number of rotatable bonds is 4. The van der Waals surface area contributed by atoms with Crippen molar-refractivity contribution < 1.29 is 4.74 Å². The van der Waals surface area contributed by atoms with Gasteiger partial charge in [0.2, 0.25) is 0 Å². The zero-order chi connectivity index (χ0) is 18.1. The second-order valence-electron chi connectivity index (χ2n) is 7.45. The molecule has 134 valence electrons. The maximum Gasteiger partial charge on any atom is 0.144 e. The van der Waals surface area contributed by atoms with Crippen LogP contribution in [0.4, 0.5) is 11.4 Å². The van der Waals surface area contributed by atoms with E-state index in [0.717, 1.165) is 17.9 Å². The molecule has 0 saturated carbocycles. The number of nitrogens with zero attached hydrogens (tertiary/aromatic N) is 1. The van der Waals surface area contributed by atoms with Crippen LogP contribution in [-0.4, -0.2) is 12.1 Å². The monoisotopic (exact) mass is 345 g/mol. The summed E-state index contributed by atoms with van der Waals surface area (Å²) in [5.74, 6) is 0.973. The van der Waals surface area contributed by atoms with Gasteiger partial charge >= 0.3 is 0 Å². The lowest BCUT2D eigenvalue weighted by molar-refractivity contribution is 0.217. The molecule has 0 N–H and O–H groups in total. The Morgan fingerprint density at radius 2 is 1.85 bits per heavy atom. The Hall–Kier alpha value is -2.48. The van der Waals surface area contributed by atoms with Crippen LogP contribution in [0, 0.1) is 6.92 Å². The van der Waals surface area contributed by atoms with Crippen molar-refractivity contribution >= 4 is 11.4 Å². The summed E-state index contributed by atoms with van der Waals surface area (Å²) in [5, 5.41) is 0. The maximum absolute atomic E-state index is 6.35. The highest BCUT2D eigenvalue weighted by molar-refractivity contribution is 5.73. The summed E-state index contributed by atoms with van der Waals surface area (Å²) in [6.45, 7) is 6.49. The summed E-state index contributed by atoms with van der Waals surface area (Å²) < 4.78 is 6.35. The molecule has 1 aliphatic heterocycles. The van der Waals surface area contributed by atoms with Crippen molar-refractivity contribution in [3.8, 4) is 5.75 Å². The molecule has 2 nitrogen and oxygen atoms in total. The molecule has 0 bridgehead atoms. The molecule has 0 amide bonds. The third-order valence-electron chi connectivity index (χ3n) is 5.29. The molecule has 1 heterocycles. The summed E-state index contributed by atoms with van der Waals surface area (Å²) in [7, 11) is 0. The van der Waals surface area contributed by atoms with Crippen molar-refractivity contribution in [1.29, 1.82) is 0 Å². The van der Waals surface area contributed by atoms with E-state index >= 15 is 0 Å². The zero-order valence-electron chi connectivity index (χ0n) is 15.9. The lowest BCUT2D eigenvalue weighted by atomic mass is 9.95. The largest absolute Gasteiger partial charge is 0.482 e. The fraction of sp³-hybridized carbons (Fsp3) is 0.333. The third-order valence-corrected chi connectivity index (χ3v) is 5.29. The summed E-state index contributed by atoms with van der Waals surface area (Å²) in [4.78, 5) is 2.42. The average Bonchev–Trinajstić information content (AvgIpc) is 2.64. The quantitative estimate of drug-likeness (QED) is 0.662. The standard InChI is InChI=1S/C24H27NO/c1-4-5-6-19-9-11-20(12-10-19)25-21-13-7-17(2)15-23(21)26-24-16-18(3)8-14-22(24)25/h7-16,21,23H,4-6H2,1-3H3. The Bertz CT molecular complexity index is 847. The van der Waals surface area contributed by atoms with Gasteiger partial charge in [0.05, 0.1) is 11.7 Å². The fourth-order valence-corrected chi connectivity index (χ4v) is 3.85. The maximum atomic E-state index is 6.35. The van der Waals surface area contributed by atoms with Gasteiger partial charge in [0.15, 0.2) is 0 Å². The van der Waals surface area contributed by atoms with E-state index in [0.29, 0.717) is 0 Å². The molecule has 2 aromatic rings. The van der Waals surface area contributed by atoms with Crippen LogP contribution < -0.4 is 9.64 Å². The summed E-state index contributed by atoms with van der Waals surface area (Å²) in [6, 6.07) is 15.8. The van der Waals surface area contributed by atoms with E-state index < -0.39 is 0 Å². The highest BCUT2D eigenvalue weighted by atomic mass is 16.5. The first-order valence-electron chi connectivity index (χ1n) is 9.68. The molecule has 0 fully saturated rings. The molecule has 0 spiro atoms. The number of ether oxygens (including phenoxy) is 1. The molecule has 2 aromatic carbocycles. The normalized spacial score (nSPS) is 20.9. The molecule has 0 radical (unpaired) electrons. The molecule has 2 unspecified atom stereocenters. The van der Waals surface area contributed by atoms with Crippen LogP contribution in [0.3, 0.4) is 0 Å². The van der Waals surface area contributed by atoms with Crippen molar-refractivity contribution in [2.24, 2.45) is 0 Å². The predicted octanol–water partition coefficient (Wildman–Crippen LogP) is 6.12. The Morgan fingerprint density at radius 3 is 2.62 bits per heavy atom. The molecule has 1 aliphatic carbocycles. The van der Waals surface area contributed by atoms with E-state index in [1.807, 2.05) is 0 Å². The molecule has 0 saturated heterocycles. The second kappa shape index (κ2) is 7.03. The predicted molar refractivity (Wildman–Crippen MR) is 109 cm³/mol. The smallest absolute Gasteiger partial charge is 0.144 e. The highest BCUT2D eigenvalue weighted by Gasteiger charge is 2.35. The number of aryl methyl sites for hydroxylation is 2. The van der Waals surface area contributed by atoms with Gasteiger partial charge in [0.1, 0.15) is 11.9 Å². The summed E-state index contributed by atoms with van der Waals surface area (Å²) in [5.41, 5.74) is 6.28.